The number of nitrogens with zero attached hydrogens (tertiary/aromatic N) is 2. The molecule has 0 radical (unpaired) electrons. The number of fused-ring (bicyclic) bond motifs is 5. The molecule has 13 aromatic carbocycles. The van der Waals surface area contributed by atoms with Gasteiger partial charge in [-0.15, -0.1) is 0 Å². The van der Waals surface area contributed by atoms with Gasteiger partial charge in [0, 0.05) is 33.5 Å². The summed E-state index contributed by atoms with van der Waals surface area (Å²) in [4.78, 5) is 2.47. The van der Waals surface area contributed by atoms with Crippen LogP contribution in [0.3, 0.4) is 0 Å². The number of rotatable bonds is 6. The zero-order valence-electron chi connectivity index (χ0n) is 36.0. The van der Waals surface area contributed by atoms with Crippen molar-refractivity contribution in [1.29, 1.82) is 0 Å². The Bertz CT molecular complexity index is 4180. The van der Waals surface area contributed by atoms with Crippen LogP contribution in [0.1, 0.15) is 0 Å². The van der Waals surface area contributed by atoms with Crippen LogP contribution in [0, 0.1) is 0 Å². The molecule has 0 bridgehead atoms. The maximum atomic E-state index is 2.47. The summed E-state index contributed by atoms with van der Waals surface area (Å²) in [5.74, 6) is 0. The molecule has 14 rings (SSSR count). The number of para-hydroxylation sites is 2. The summed E-state index contributed by atoms with van der Waals surface area (Å²) in [5, 5.41) is 17.7. The van der Waals surface area contributed by atoms with Gasteiger partial charge in [0.2, 0.25) is 0 Å². The van der Waals surface area contributed by atoms with E-state index >= 15 is 0 Å². The Morgan fingerprint density at radius 3 is 1.30 bits per heavy atom. The lowest BCUT2D eigenvalue weighted by Crippen LogP contribution is -2.10. The predicted octanol–water partition coefficient (Wildman–Crippen LogP) is 17.9. The van der Waals surface area contributed by atoms with Crippen LogP contribution in [-0.2, 0) is 0 Å². The lowest BCUT2D eigenvalue weighted by atomic mass is 9.87. The third-order valence-electron chi connectivity index (χ3n) is 14.0. The van der Waals surface area contributed by atoms with E-state index in [0.29, 0.717) is 0 Å². The molecule has 2 heteroatoms. The summed E-state index contributed by atoms with van der Waals surface area (Å²) in [6, 6.07) is 89.8. The van der Waals surface area contributed by atoms with Gasteiger partial charge < -0.3 is 9.47 Å². The molecular weight excluding hydrogens is 797 g/mol. The van der Waals surface area contributed by atoms with Gasteiger partial charge in [-0.05, 0) is 148 Å². The highest BCUT2D eigenvalue weighted by Gasteiger charge is 2.21. The summed E-state index contributed by atoms with van der Waals surface area (Å²) >= 11 is 0. The lowest BCUT2D eigenvalue weighted by Gasteiger charge is -2.27. The van der Waals surface area contributed by atoms with Crippen molar-refractivity contribution in [3.05, 3.63) is 243 Å². The van der Waals surface area contributed by atoms with Crippen LogP contribution in [-0.4, -0.2) is 4.57 Å². The Kier molecular flexibility index (Phi) is 8.02. The third-order valence-corrected chi connectivity index (χ3v) is 14.0. The second-order valence-corrected chi connectivity index (χ2v) is 17.6. The van der Waals surface area contributed by atoms with Crippen molar-refractivity contribution in [2.45, 2.75) is 0 Å². The minimum atomic E-state index is 1.09. The van der Waals surface area contributed by atoms with Gasteiger partial charge in [-0.3, -0.25) is 0 Å². The second kappa shape index (κ2) is 14.4. The van der Waals surface area contributed by atoms with Crippen LogP contribution in [0.15, 0.2) is 243 Å². The maximum Gasteiger partial charge on any atom is 0.0542 e. The largest absolute Gasteiger partial charge is 0.310 e. The molecule has 306 valence electrons. The van der Waals surface area contributed by atoms with Crippen molar-refractivity contribution in [2.24, 2.45) is 0 Å². The summed E-state index contributed by atoms with van der Waals surface area (Å²) in [6.07, 6.45) is 0. The molecule has 0 saturated carbocycles. The highest BCUT2D eigenvalue weighted by molar-refractivity contribution is 6.37. The fraction of sp³-hybridized carbons (Fsp3) is 0. The van der Waals surface area contributed by atoms with Crippen molar-refractivity contribution in [1.82, 2.24) is 4.57 Å². The van der Waals surface area contributed by atoms with Crippen molar-refractivity contribution < 1.29 is 0 Å². The van der Waals surface area contributed by atoms with Gasteiger partial charge in [0.25, 0.3) is 0 Å². The molecule has 0 aliphatic carbocycles. The Morgan fingerprint density at radius 2 is 0.682 bits per heavy atom. The zero-order chi connectivity index (χ0) is 43.3. The summed E-state index contributed by atoms with van der Waals surface area (Å²) in [6.45, 7) is 0. The van der Waals surface area contributed by atoms with Crippen molar-refractivity contribution in [3.8, 4) is 27.9 Å². The second-order valence-electron chi connectivity index (χ2n) is 17.6. The van der Waals surface area contributed by atoms with Gasteiger partial charge in [0.05, 0.1) is 11.0 Å². The molecule has 14 aromatic rings. The van der Waals surface area contributed by atoms with Gasteiger partial charge in [0.15, 0.2) is 0 Å². The predicted molar refractivity (Wildman–Crippen MR) is 283 cm³/mol. The average molecular weight is 837 g/mol. The van der Waals surface area contributed by atoms with E-state index < -0.39 is 0 Å². The first-order valence-corrected chi connectivity index (χ1v) is 22.8. The first-order valence-electron chi connectivity index (χ1n) is 22.8. The molecule has 0 spiro atoms. The molecule has 0 aliphatic rings. The average Bonchev–Trinajstić information content (AvgIpc) is 3.72. The van der Waals surface area contributed by atoms with Gasteiger partial charge in [0.1, 0.15) is 0 Å². The smallest absolute Gasteiger partial charge is 0.0542 e. The van der Waals surface area contributed by atoms with Gasteiger partial charge in [-0.25, -0.2) is 0 Å². The minimum Gasteiger partial charge on any atom is -0.310 e. The molecule has 0 atom stereocenters. The van der Waals surface area contributed by atoms with Crippen LogP contribution in [0.25, 0.3) is 114 Å². The highest BCUT2D eigenvalue weighted by Crippen LogP contribution is 2.47. The van der Waals surface area contributed by atoms with Crippen LogP contribution in [0.4, 0.5) is 17.1 Å². The number of aromatic nitrogens is 1. The fourth-order valence-corrected chi connectivity index (χ4v) is 11.1. The Morgan fingerprint density at radius 1 is 0.242 bits per heavy atom. The summed E-state index contributed by atoms with van der Waals surface area (Å²) in [5.41, 5.74) is 11.6. The molecule has 0 unspecified atom stereocenters. The van der Waals surface area contributed by atoms with Crippen molar-refractivity contribution in [3.63, 3.8) is 0 Å². The molecule has 66 heavy (non-hydrogen) atoms. The molecule has 1 heterocycles. The topological polar surface area (TPSA) is 8.17 Å². The first-order chi connectivity index (χ1) is 32.7. The van der Waals surface area contributed by atoms with Crippen LogP contribution >= 0.6 is 0 Å². The quantitative estimate of drug-likeness (QED) is 0.152. The third kappa shape index (κ3) is 5.55. The maximum absolute atomic E-state index is 2.47. The van der Waals surface area contributed by atoms with E-state index in [1.165, 1.54) is 109 Å². The molecule has 0 amide bonds. The van der Waals surface area contributed by atoms with Crippen LogP contribution in [0.2, 0.25) is 0 Å². The van der Waals surface area contributed by atoms with E-state index in [2.05, 4.69) is 252 Å². The normalized spacial score (nSPS) is 11.9. The zero-order valence-corrected chi connectivity index (χ0v) is 36.0. The molecule has 0 saturated heterocycles. The molecule has 0 N–H and O–H groups in total. The SMILES string of the molecule is c1ccc(-c2ccc(-c3ccc(N(c4cc5ccc6cccc7c8cccc9ccc%10cccc(c(c4)c5c67)c%10c98)c4ccc5c(c4)c4ccccc4n5-c4ccccc4)cc3)cc2)cc1. The molecule has 1 aromatic heterocycles. The first kappa shape index (κ1) is 36.7. The van der Waals surface area contributed by atoms with Gasteiger partial charge in [-0.2, -0.15) is 0 Å². The fourth-order valence-electron chi connectivity index (χ4n) is 11.1. The molecule has 0 fully saturated rings. The monoisotopic (exact) mass is 836 g/mol. The molecule has 0 aliphatic heterocycles. The highest BCUT2D eigenvalue weighted by atomic mass is 15.1. The van der Waals surface area contributed by atoms with Gasteiger partial charge >= 0.3 is 0 Å². The van der Waals surface area contributed by atoms with Gasteiger partial charge in [-0.1, -0.05) is 182 Å². The van der Waals surface area contributed by atoms with E-state index in [9.17, 15) is 0 Å². The Labute approximate surface area is 381 Å². The van der Waals surface area contributed by atoms with Crippen molar-refractivity contribution >= 4 is 104 Å². The van der Waals surface area contributed by atoms with E-state index in [1.54, 1.807) is 0 Å². The number of hydrogen-bond acceptors (Lipinski definition) is 1. The summed E-state index contributed by atoms with van der Waals surface area (Å²) < 4.78 is 2.39. The molecular formula is C64H40N2. The Hall–Kier alpha value is -8.72. The van der Waals surface area contributed by atoms with Crippen LogP contribution < -0.4 is 4.90 Å². The minimum absolute atomic E-state index is 1.09. The summed E-state index contributed by atoms with van der Waals surface area (Å²) in [7, 11) is 0. The van der Waals surface area contributed by atoms with Crippen LogP contribution in [0.5, 0.6) is 0 Å². The Balaban J connectivity index is 1.04. The number of anilines is 3. The van der Waals surface area contributed by atoms with E-state index in [4.69, 9.17) is 0 Å². The van der Waals surface area contributed by atoms with E-state index in [1.807, 2.05) is 0 Å². The molecule has 2 nitrogen and oxygen atoms in total. The standard InChI is InChI=1S/C64H40N2/c1-3-12-41(13-4-1)42-24-26-43(27-25-42)44-32-34-50(35-33-44)65(51-36-37-60-57(39-51)53-19-7-8-23-59(53)66(60)49-17-5-2-6-18-49)52-38-48-31-30-47-15-10-21-55-54-20-9-14-45-28-29-46-16-11-22-56(63(46)61(45)54)58(40-52)64(48)62(47)55/h1-40H. The lowest BCUT2D eigenvalue weighted by molar-refractivity contribution is 1.18. The number of hydrogen-bond donors (Lipinski definition) is 0. The van der Waals surface area contributed by atoms with Crippen molar-refractivity contribution in [2.75, 3.05) is 4.90 Å². The van der Waals surface area contributed by atoms with E-state index in [0.717, 1.165) is 22.7 Å². The van der Waals surface area contributed by atoms with E-state index in [-0.39, 0.29) is 0 Å². The number of benzene rings is 12.